The molecule has 2 rings (SSSR count). The van der Waals surface area contributed by atoms with Crippen LogP contribution in [0.5, 0.6) is 0 Å². The zero-order valence-corrected chi connectivity index (χ0v) is 9.61. The van der Waals surface area contributed by atoms with Gasteiger partial charge in [0.25, 0.3) is 0 Å². The van der Waals surface area contributed by atoms with Gasteiger partial charge in [-0.25, -0.2) is 4.98 Å². The van der Waals surface area contributed by atoms with Gasteiger partial charge in [0.1, 0.15) is 0 Å². The van der Waals surface area contributed by atoms with Crippen molar-refractivity contribution in [3.63, 3.8) is 0 Å². The molecule has 1 aliphatic rings. The van der Waals surface area contributed by atoms with Crippen molar-refractivity contribution >= 4 is 5.95 Å². The van der Waals surface area contributed by atoms with Crippen molar-refractivity contribution in [1.82, 2.24) is 9.55 Å². The van der Waals surface area contributed by atoms with E-state index in [1.54, 1.807) is 0 Å². The van der Waals surface area contributed by atoms with Crippen LogP contribution in [0.4, 0.5) is 5.95 Å². The molecule has 0 aromatic carbocycles. The molecule has 1 atom stereocenters. The second-order valence-electron chi connectivity index (χ2n) is 4.22. The van der Waals surface area contributed by atoms with Crippen LogP contribution < -0.4 is 10.6 Å². The highest BCUT2D eigenvalue weighted by Gasteiger charge is 2.26. The Kier molecular flexibility index (Phi) is 2.95. The van der Waals surface area contributed by atoms with Gasteiger partial charge in [-0.1, -0.05) is 6.92 Å². The third-order valence-electron chi connectivity index (χ3n) is 3.17. The normalized spacial score (nSPS) is 21.3. The molecule has 0 bridgehead atoms. The smallest absolute Gasteiger partial charge is 0.205 e. The molecule has 0 spiro atoms. The Morgan fingerprint density at radius 3 is 3.00 bits per heavy atom. The SMILES string of the molecule is CCc1cn(C)c(N2CCCC2CN)n1. The summed E-state index contributed by atoms with van der Waals surface area (Å²) in [6, 6.07) is 0.482. The summed E-state index contributed by atoms with van der Waals surface area (Å²) in [6.07, 6.45) is 5.54. The van der Waals surface area contributed by atoms with E-state index in [-0.39, 0.29) is 0 Å². The zero-order valence-electron chi connectivity index (χ0n) is 9.61. The molecule has 0 aliphatic carbocycles. The van der Waals surface area contributed by atoms with E-state index in [2.05, 4.69) is 34.6 Å². The van der Waals surface area contributed by atoms with E-state index in [4.69, 9.17) is 5.73 Å². The van der Waals surface area contributed by atoms with Gasteiger partial charge < -0.3 is 15.2 Å². The molecule has 0 amide bonds. The maximum atomic E-state index is 5.77. The number of rotatable bonds is 3. The first-order chi connectivity index (χ1) is 7.26. The molecule has 1 saturated heterocycles. The number of imidazole rings is 1. The van der Waals surface area contributed by atoms with E-state index in [0.29, 0.717) is 6.04 Å². The Morgan fingerprint density at radius 2 is 2.40 bits per heavy atom. The summed E-state index contributed by atoms with van der Waals surface area (Å²) in [5.74, 6) is 1.08. The van der Waals surface area contributed by atoms with E-state index < -0.39 is 0 Å². The summed E-state index contributed by atoms with van der Waals surface area (Å²) in [7, 11) is 2.06. The third-order valence-corrected chi connectivity index (χ3v) is 3.17. The van der Waals surface area contributed by atoms with Crippen molar-refractivity contribution in [1.29, 1.82) is 0 Å². The van der Waals surface area contributed by atoms with Crippen molar-refractivity contribution < 1.29 is 0 Å². The van der Waals surface area contributed by atoms with Crippen molar-refractivity contribution in [2.45, 2.75) is 32.2 Å². The standard InChI is InChI=1S/C11H20N4/c1-3-9-8-14(2)11(13-9)15-6-4-5-10(15)7-12/h8,10H,3-7,12H2,1-2H3. The van der Waals surface area contributed by atoms with Crippen LogP contribution in [-0.4, -0.2) is 28.7 Å². The van der Waals surface area contributed by atoms with Gasteiger partial charge in [0.05, 0.1) is 5.69 Å². The van der Waals surface area contributed by atoms with E-state index in [1.165, 1.54) is 12.8 Å². The van der Waals surface area contributed by atoms with E-state index in [1.807, 2.05) is 0 Å². The minimum atomic E-state index is 0.482. The fourth-order valence-corrected chi connectivity index (χ4v) is 2.30. The van der Waals surface area contributed by atoms with Gasteiger partial charge in [-0.05, 0) is 19.3 Å². The average molecular weight is 208 g/mol. The number of nitrogens with two attached hydrogens (primary N) is 1. The lowest BCUT2D eigenvalue weighted by Crippen LogP contribution is -2.36. The summed E-state index contributed by atoms with van der Waals surface area (Å²) < 4.78 is 2.12. The van der Waals surface area contributed by atoms with Gasteiger partial charge >= 0.3 is 0 Å². The number of aryl methyl sites for hydroxylation is 2. The number of hydrogen-bond donors (Lipinski definition) is 1. The molecular weight excluding hydrogens is 188 g/mol. The Balaban J connectivity index is 2.24. The van der Waals surface area contributed by atoms with Gasteiger partial charge in [-0.3, -0.25) is 0 Å². The lowest BCUT2D eigenvalue weighted by Gasteiger charge is -2.24. The van der Waals surface area contributed by atoms with Crippen LogP contribution in [0.15, 0.2) is 6.20 Å². The molecule has 1 aliphatic heterocycles. The molecule has 1 fully saturated rings. The Bertz CT molecular complexity index is 331. The van der Waals surface area contributed by atoms with Crippen LogP contribution in [0, 0.1) is 0 Å². The summed E-state index contributed by atoms with van der Waals surface area (Å²) >= 11 is 0. The van der Waals surface area contributed by atoms with Crippen LogP contribution in [-0.2, 0) is 13.5 Å². The molecule has 15 heavy (non-hydrogen) atoms. The number of nitrogens with zero attached hydrogens (tertiary/aromatic N) is 3. The highest BCUT2D eigenvalue weighted by molar-refractivity contribution is 5.36. The number of aromatic nitrogens is 2. The average Bonchev–Trinajstić information content (AvgIpc) is 2.82. The second kappa shape index (κ2) is 4.23. The van der Waals surface area contributed by atoms with Crippen molar-refractivity contribution in [2.24, 2.45) is 12.8 Å². The molecule has 4 heteroatoms. The lowest BCUT2D eigenvalue weighted by atomic mass is 10.2. The predicted molar refractivity (Wildman–Crippen MR) is 62.0 cm³/mol. The zero-order chi connectivity index (χ0) is 10.8. The third kappa shape index (κ3) is 1.86. The van der Waals surface area contributed by atoms with Crippen molar-refractivity contribution in [3.05, 3.63) is 11.9 Å². The maximum Gasteiger partial charge on any atom is 0.205 e. The molecule has 1 aromatic rings. The molecule has 2 heterocycles. The second-order valence-corrected chi connectivity index (χ2v) is 4.22. The minimum Gasteiger partial charge on any atom is -0.338 e. The maximum absolute atomic E-state index is 5.77. The molecule has 84 valence electrons. The predicted octanol–water partition coefficient (Wildman–Crippen LogP) is 0.910. The highest BCUT2D eigenvalue weighted by Crippen LogP contribution is 2.23. The van der Waals surface area contributed by atoms with Gasteiger partial charge in [-0.2, -0.15) is 0 Å². The monoisotopic (exact) mass is 208 g/mol. The first kappa shape index (κ1) is 10.5. The minimum absolute atomic E-state index is 0.482. The van der Waals surface area contributed by atoms with Gasteiger partial charge in [0.2, 0.25) is 5.95 Å². The van der Waals surface area contributed by atoms with Crippen LogP contribution in [0.2, 0.25) is 0 Å². The fourth-order valence-electron chi connectivity index (χ4n) is 2.30. The molecule has 1 aromatic heterocycles. The first-order valence-corrected chi connectivity index (χ1v) is 5.75. The molecular formula is C11H20N4. The molecule has 0 radical (unpaired) electrons. The van der Waals surface area contributed by atoms with Crippen LogP contribution >= 0.6 is 0 Å². The van der Waals surface area contributed by atoms with Gasteiger partial charge in [-0.15, -0.1) is 0 Å². The Morgan fingerprint density at radius 1 is 1.60 bits per heavy atom. The Labute approximate surface area is 91.1 Å². The van der Waals surface area contributed by atoms with Gasteiger partial charge in [0, 0.05) is 32.4 Å². The van der Waals surface area contributed by atoms with E-state index in [0.717, 1.165) is 31.2 Å². The quantitative estimate of drug-likeness (QED) is 0.803. The van der Waals surface area contributed by atoms with Gasteiger partial charge in [0.15, 0.2) is 0 Å². The van der Waals surface area contributed by atoms with Crippen molar-refractivity contribution in [2.75, 3.05) is 18.0 Å². The van der Waals surface area contributed by atoms with Crippen molar-refractivity contribution in [3.8, 4) is 0 Å². The lowest BCUT2D eigenvalue weighted by molar-refractivity contribution is 0.653. The molecule has 2 N–H and O–H groups in total. The van der Waals surface area contributed by atoms with Crippen LogP contribution in [0.1, 0.15) is 25.5 Å². The molecule has 0 saturated carbocycles. The van der Waals surface area contributed by atoms with E-state index in [9.17, 15) is 0 Å². The summed E-state index contributed by atoms with van der Waals surface area (Å²) in [5.41, 5.74) is 6.93. The summed E-state index contributed by atoms with van der Waals surface area (Å²) in [6.45, 7) is 3.96. The first-order valence-electron chi connectivity index (χ1n) is 5.75. The molecule has 4 nitrogen and oxygen atoms in total. The number of hydrogen-bond acceptors (Lipinski definition) is 3. The molecule has 1 unspecified atom stereocenters. The summed E-state index contributed by atoms with van der Waals surface area (Å²) in [4.78, 5) is 6.99. The highest BCUT2D eigenvalue weighted by atomic mass is 15.3. The summed E-state index contributed by atoms with van der Waals surface area (Å²) in [5, 5.41) is 0. The topological polar surface area (TPSA) is 47.1 Å². The Hall–Kier alpha value is -1.03. The van der Waals surface area contributed by atoms with Crippen LogP contribution in [0.25, 0.3) is 0 Å². The largest absolute Gasteiger partial charge is 0.338 e. The van der Waals surface area contributed by atoms with Crippen LogP contribution in [0.3, 0.4) is 0 Å². The van der Waals surface area contributed by atoms with E-state index >= 15 is 0 Å². The fraction of sp³-hybridized carbons (Fsp3) is 0.727. The number of anilines is 1.